The molecule has 24 heavy (non-hydrogen) atoms. The normalized spacial score (nSPS) is 25.0. The van der Waals surface area contributed by atoms with Crippen LogP contribution in [0, 0.1) is 0 Å². The van der Waals surface area contributed by atoms with Gasteiger partial charge in [-0.15, -0.1) is 0 Å². The minimum atomic E-state index is 0.585. The van der Waals surface area contributed by atoms with Crippen LogP contribution >= 0.6 is 0 Å². The summed E-state index contributed by atoms with van der Waals surface area (Å²) < 4.78 is 16.9. The van der Waals surface area contributed by atoms with Crippen LogP contribution in [0.3, 0.4) is 0 Å². The monoisotopic (exact) mass is 333 g/mol. The highest BCUT2D eigenvalue weighted by Crippen LogP contribution is 2.40. The molecule has 1 unspecified atom stereocenters. The van der Waals surface area contributed by atoms with Crippen LogP contribution in [0.5, 0.6) is 17.2 Å². The van der Waals surface area contributed by atoms with E-state index in [4.69, 9.17) is 14.2 Å². The van der Waals surface area contributed by atoms with Gasteiger partial charge in [0.1, 0.15) is 13.2 Å². The Hall–Kier alpha value is -1.50. The minimum absolute atomic E-state index is 0.585. The second kappa shape index (κ2) is 7.17. The lowest BCUT2D eigenvalue weighted by Gasteiger charge is -2.32. The van der Waals surface area contributed by atoms with Gasteiger partial charge in [-0.3, -0.25) is 9.80 Å². The molecule has 2 fully saturated rings. The van der Waals surface area contributed by atoms with Crippen molar-refractivity contribution < 1.29 is 14.2 Å². The van der Waals surface area contributed by atoms with Crippen molar-refractivity contribution >= 4 is 0 Å². The van der Waals surface area contributed by atoms with E-state index in [1.807, 2.05) is 0 Å². The predicted molar refractivity (Wildman–Crippen MR) is 92.1 cm³/mol. The SMILES string of the molecule is COc1cc(CN2CCC(N3CCNCC3)C2)cc2c1OCCO2. The lowest BCUT2D eigenvalue weighted by molar-refractivity contribution is 0.163. The average Bonchev–Trinajstić information content (AvgIpc) is 3.10. The number of likely N-dealkylation sites (tertiary alicyclic amines) is 1. The summed E-state index contributed by atoms with van der Waals surface area (Å²) in [6.45, 7) is 9.03. The molecule has 3 aliphatic rings. The Balaban J connectivity index is 1.42. The van der Waals surface area contributed by atoms with Crippen molar-refractivity contribution in [2.75, 3.05) is 59.6 Å². The zero-order chi connectivity index (χ0) is 16.4. The molecule has 1 aromatic carbocycles. The lowest BCUT2D eigenvalue weighted by atomic mass is 10.1. The topological polar surface area (TPSA) is 46.2 Å². The number of fused-ring (bicyclic) bond motifs is 1. The number of ether oxygens (including phenoxy) is 3. The van der Waals surface area contributed by atoms with Gasteiger partial charge >= 0.3 is 0 Å². The van der Waals surface area contributed by atoms with E-state index in [2.05, 4.69) is 27.2 Å². The maximum atomic E-state index is 5.75. The molecule has 0 radical (unpaired) electrons. The summed E-state index contributed by atoms with van der Waals surface area (Å²) in [5.41, 5.74) is 1.23. The van der Waals surface area contributed by atoms with E-state index in [9.17, 15) is 0 Å². The predicted octanol–water partition coefficient (Wildman–Crippen LogP) is 0.946. The molecule has 0 saturated carbocycles. The van der Waals surface area contributed by atoms with Crippen LogP contribution in [0.15, 0.2) is 12.1 Å². The largest absolute Gasteiger partial charge is 0.493 e. The van der Waals surface area contributed by atoms with Crippen molar-refractivity contribution in [1.82, 2.24) is 15.1 Å². The van der Waals surface area contributed by atoms with Crippen LogP contribution in [-0.2, 0) is 6.54 Å². The Morgan fingerprint density at radius 1 is 1.17 bits per heavy atom. The van der Waals surface area contributed by atoms with Crippen LogP contribution in [0.25, 0.3) is 0 Å². The number of hydrogen-bond donors (Lipinski definition) is 1. The molecule has 3 aliphatic heterocycles. The molecule has 4 rings (SSSR count). The maximum absolute atomic E-state index is 5.75. The van der Waals surface area contributed by atoms with E-state index in [0.717, 1.165) is 50.0 Å². The van der Waals surface area contributed by atoms with E-state index in [-0.39, 0.29) is 0 Å². The van der Waals surface area contributed by atoms with E-state index in [1.165, 1.54) is 25.1 Å². The number of benzene rings is 1. The number of piperazine rings is 1. The fourth-order valence-electron chi connectivity index (χ4n) is 3.98. The standard InChI is InChI=1S/C18H27N3O3/c1-22-16-10-14(11-17-18(16)24-9-8-23-17)12-20-5-2-15(13-20)21-6-3-19-4-7-21/h10-11,15,19H,2-9,12-13H2,1H3. The molecule has 2 saturated heterocycles. The van der Waals surface area contributed by atoms with E-state index >= 15 is 0 Å². The van der Waals surface area contributed by atoms with Crippen LogP contribution in [0.1, 0.15) is 12.0 Å². The molecule has 0 aliphatic carbocycles. The first-order valence-electron chi connectivity index (χ1n) is 8.97. The Bertz CT molecular complexity index is 558. The first-order valence-corrected chi connectivity index (χ1v) is 8.97. The molecule has 1 atom stereocenters. The van der Waals surface area contributed by atoms with Crippen molar-refractivity contribution in [3.63, 3.8) is 0 Å². The van der Waals surface area contributed by atoms with Crippen LogP contribution in [0.2, 0.25) is 0 Å². The van der Waals surface area contributed by atoms with Gasteiger partial charge in [-0.2, -0.15) is 0 Å². The fourth-order valence-corrected chi connectivity index (χ4v) is 3.98. The van der Waals surface area contributed by atoms with E-state index in [0.29, 0.717) is 19.3 Å². The van der Waals surface area contributed by atoms with Crippen LogP contribution < -0.4 is 19.5 Å². The number of nitrogens with one attached hydrogen (secondary N) is 1. The second-order valence-electron chi connectivity index (χ2n) is 6.79. The Morgan fingerprint density at radius 3 is 2.83 bits per heavy atom. The minimum Gasteiger partial charge on any atom is -0.493 e. The van der Waals surface area contributed by atoms with Gasteiger partial charge in [-0.05, 0) is 24.1 Å². The Morgan fingerprint density at radius 2 is 2.00 bits per heavy atom. The molecular weight excluding hydrogens is 306 g/mol. The molecule has 0 spiro atoms. The van der Waals surface area contributed by atoms with Gasteiger partial charge in [-0.1, -0.05) is 0 Å². The Labute approximate surface area is 143 Å². The van der Waals surface area contributed by atoms with Crippen molar-refractivity contribution in [3.05, 3.63) is 17.7 Å². The van der Waals surface area contributed by atoms with Gasteiger partial charge in [-0.25, -0.2) is 0 Å². The molecule has 6 nitrogen and oxygen atoms in total. The molecular formula is C18H27N3O3. The van der Waals surface area contributed by atoms with E-state index in [1.54, 1.807) is 7.11 Å². The summed E-state index contributed by atoms with van der Waals surface area (Å²) in [6, 6.07) is 4.90. The van der Waals surface area contributed by atoms with Gasteiger partial charge in [0, 0.05) is 51.9 Å². The Kier molecular flexibility index (Phi) is 4.78. The molecule has 132 valence electrons. The molecule has 0 amide bonds. The summed E-state index contributed by atoms with van der Waals surface area (Å²) in [5, 5.41) is 3.44. The van der Waals surface area contributed by atoms with Gasteiger partial charge in [0.25, 0.3) is 0 Å². The van der Waals surface area contributed by atoms with Gasteiger partial charge in [0.15, 0.2) is 11.5 Å². The molecule has 0 bridgehead atoms. The summed E-state index contributed by atoms with van der Waals surface area (Å²) in [7, 11) is 1.69. The third-order valence-electron chi connectivity index (χ3n) is 5.21. The fraction of sp³-hybridized carbons (Fsp3) is 0.667. The van der Waals surface area contributed by atoms with Crippen LogP contribution in [-0.4, -0.2) is 75.4 Å². The summed E-state index contributed by atoms with van der Waals surface area (Å²) in [4.78, 5) is 5.18. The van der Waals surface area contributed by atoms with Crippen molar-refractivity contribution in [3.8, 4) is 17.2 Å². The highest BCUT2D eigenvalue weighted by atomic mass is 16.6. The molecule has 0 aromatic heterocycles. The first-order chi connectivity index (χ1) is 11.8. The van der Waals surface area contributed by atoms with Crippen molar-refractivity contribution in [2.24, 2.45) is 0 Å². The maximum Gasteiger partial charge on any atom is 0.203 e. The van der Waals surface area contributed by atoms with E-state index < -0.39 is 0 Å². The highest BCUT2D eigenvalue weighted by Gasteiger charge is 2.29. The van der Waals surface area contributed by atoms with Crippen molar-refractivity contribution in [1.29, 1.82) is 0 Å². The molecule has 6 heteroatoms. The molecule has 1 N–H and O–H groups in total. The summed E-state index contributed by atoms with van der Waals surface area (Å²) >= 11 is 0. The second-order valence-corrected chi connectivity index (χ2v) is 6.79. The first kappa shape index (κ1) is 16.0. The van der Waals surface area contributed by atoms with Crippen molar-refractivity contribution in [2.45, 2.75) is 19.0 Å². The number of rotatable bonds is 4. The quantitative estimate of drug-likeness (QED) is 0.885. The number of methoxy groups -OCH3 is 1. The third-order valence-corrected chi connectivity index (χ3v) is 5.21. The lowest BCUT2D eigenvalue weighted by Crippen LogP contribution is -2.49. The summed E-state index contributed by atoms with van der Waals surface area (Å²) in [5.74, 6) is 2.33. The number of nitrogens with zero attached hydrogens (tertiary/aromatic N) is 2. The molecule has 1 aromatic rings. The zero-order valence-corrected chi connectivity index (χ0v) is 14.4. The smallest absolute Gasteiger partial charge is 0.203 e. The van der Waals surface area contributed by atoms with Gasteiger partial charge < -0.3 is 19.5 Å². The van der Waals surface area contributed by atoms with Gasteiger partial charge in [0.2, 0.25) is 5.75 Å². The zero-order valence-electron chi connectivity index (χ0n) is 14.4. The number of hydrogen-bond acceptors (Lipinski definition) is 6. The third kappa shape index (κ3) is 3.31. The molecule has 3 heterocycles. The highest BCUT2D eigenvalue weighted by molar-refractivity contribution is 5.54. The van der Waals surface area contributed by atoms with Gasteiger partial charge in [0.05, 0.1) is 7.11 Å². The average molecular weight is 333 g/mol. The summed E-state index contributed by atoms with van der Waals surface area (Å²) in [6.07, 6.45) is 1.27. The van der Waals surface area contributed by atoms with Crippen LogP contribution in [0.4, 0.5) is 0 Å².